The second-order valence-electron chi connectivity index (χ2n) is 4.47. The Bertz CT molecular complexity index is 599. The minimum atomic E-state index is -0.696. The second kappa shape index (κ2) is 5.91. The molecule has 0 aliphatic heterocycles. The smallest absolute Gasteiger partial charge is 0.123 e. The lowest BCUT2D eigenvalue weighted by molar-refractivity contribution is 0.177. The molecule has 4 heteroatoms. The molecule has 0 fully saturated rings. The first-order valence-corrected chi connectivity index (χ1v) is 6.61. The second-order valence-corrected chi connectivity index (χ2v) is 5.28. The Labute approximate surface area is 121 Å². The fraction of sp³-hybridized carbons (Fsp3) is 0.200. The summed E-state index contributed by atoms with van der Waals surface area (Å²) in [4.78, 5) is 0. The number of hydrogen-bond donors (Lipinski definition) is 1. The molecule has 1 atom stereocenters. The molecule has 0 bridgehead atoms. The Morgan fingerprint density at radius 1 is 1.11 bits per heavy atom. The number of hydrogen-bond acceptors (Lipinski definition) is 1. The fourth-order valence-corrected chi connectivity index (χ4v) is 2.33. The number of aliphatic hydroxyl groups is 1. The summed E-state index contributed by atoms with van der Waals surface area (Å²) in [6, 6.07) is 9.60. The summed E-state index contributed by atoms with van der Waals surface area (Å²) in [5, 5.41) is 11.2. The van der Waals surface area contributed by atoms with E-state index in [4.69, 9.17) is 23.2 Å². The normalized spacial score (nSPS) is 12.5. The number of aliphatic hydroxyl groups excluding tert-OH is 1. The third-order valence-electron chi connectivity index (χ3n) is 3.00. The third kappa shape index (κ3) is 3.47. The van der Waals surface area contributed by atoms with E-state index in [1.165, 1.54) is 12.1 Å². The van der Waals surface area contributed by atoms with Crippen LogP contribution in [-0.4, -0.2) is 5.11 Å². The summed E-state index contributed by atoms with van der Waals surface area (Å²) >= 11 is 11.8. The number of rotatable bonds is 3. The van der Waals surface area contributed by atoms with E-state index in [0.717, 1.165) is 11.1 Å². The van der Waals surface area contributed by atoms with Gasteiger partial charge in [-0.25, -0.2) is 4.39 Å². The number of halogens is 3. The van der Waals surface area contributed by atoms with Gasteiger partial charge in [-0.15, -0.1) is 0 Å². The standard InChI is InChI=1S/C15H13Cl2FO/c1-9-6-11(18)3-4-12(9)15(19)8-10-2-5-13(16)14(17)7-10/h2-7,15,19H,8H2,1H3. The molecular weight excluding hydrogens is 286 g/mol. The molecule has 19 heavy (non-hydrogen) atoms. The van der Waals surface area contributed by atoms with E-state index in [9.17, 15) is 9.50 Å². The topological polar surface area (TPSA) is 20.2 Å². The molecule has 0 saturated carbocycles. The predicted octanol–water partition coefficient (Wildman–Crippen LogP) is 4.72. The van der Waals surface area contributed by atoms with E-state index in [1.807, 2.05) is 6.07 Å². The van der Waals surface area contributed by atoms with Gasteiger partial charge >= 0.3 is 0 Å². The van der Waals surface area contributed by atoms with Crippen LogP contribution in [0.1, 0.15) is 22.8 Å². The average molecular weight is 299 g/mol. The molecule has 1 N–H and O–H groups in total. The minimum absolute atomic E-state index is 0.303. The van der Waals surface area contributed by atoms with Crippen molar-refractivity contribution in [1.29, 1.82) is 0 Å². The van der Waals surface area contributed by atoms with Crippen molar-refractivity contribution in [3.63, 3.8) is 0 Å². The highest BCUT2D eigenvalue weighted by atomic mass is 35.5. The molecule has 1 unspecified atom stereocenters. The Kier molecular flexibility index (Phi) is 4.46. The first-order valence-electron chi connectivity index (χ1n) is 5.85. The zero-order chi connectivity index (χ0) is 14.0. The van der Waals surface area contributed by atoms with Gasteiger partial charge in [-0.05, 0) is 47.9 Å². The van der Waals surface area contributed by atoms with E-state index in [1.54, 1.807) is 25.1 Å². The molecular formula is C15H13Cl2FO. The van der Waals surface area contributed by atoms with Crippen LogP contribution in [0.25, 0.3) is 0 Å². The quantitative estimate of drug-likeness (QED) is 0.869. The molecule has 2 aromatic rings. The van der Waals surface area contributed by atoms with E-state index in [0.29, 0.717) is 22.0 Å². The van der Waals surface area contributed by atoms with Gasteiger partial charge in [0, 0.05) is 6.42 Å². The Morgan fingerprint density at radius 2 is 1.84 bits per heavy atom. The van der Waals surface area contributed by atoms with Crippen LogP contribution in [0.3, 0.4) is 0 Å². The van der Waals surface area contributed by atoms with Crippen molar-refractivity contribution < 1.29 is 9.50 Å². The molecule has 0 amide bonds. The van der Waals surface area contributed by atoms with Crippen LogP contribution in [0, 0.1) is 12.7 Å². The highest BCUT2D eigenvalue weighted by molar-refractivity contribution is 6.42. The van der Waals surface area contributed by atoms with Crippen LogP contribution in [-0.2, 0) is 6.42 Å². The monoisotopic (exact) mass is 298 g/mol. The average Bonchev–Trinajstić information content (AvgIpc) is 2.33. The van der Waals surface area contributed by atoms with Crippen LogP contribution in [0.2, 0.25) is 10.0 Å². The molecule has 100 valence electrons. The molecule has 0 aromatic heterocycles. The SMILES string of the molecule is Cc1cc(F)ccc1C(O)Cc1ccc(Cl)c(Cl)c1. The fourth-order valence-electron chi connectivity index (χ4n) is 2.01. The van der Waals surface area contributed by atoms with Gasteiger partial charge in [0.2, 0.25) is 0 Å². The Morgan fingerprint density at radius 3 is 2.47 bits per heavy atom. The van der Waals surface area contributed by atoms with Crippen LogP contribution in [0.4, 0.5) is 4.39 Å². The van der Waals surface area contributed by atoms with Crippen molar-refractivity contribution >= 4 is 23.2 Å². The lowest BCUT2D eigenvalue weighted by atomic mass is 9.98. The van der Waals surface area contributed by atoms with Gasteiger partial charge in [0.25, 0.3) is 0 Å². The maximum Gasteiger partial charge on any atom is 0.123 e. The molecule has 0 aliphatic carbocycles. The van der Waals surface area contributed by atoms with Crippen molar-refractivity contribution in [2.24, 2.45) is 0 Å². The highest BCUT2D eigenvalue weighted by Crippen LogP contribution is 2.27. The summed E-state index contributed by atoms with van der Waals surface area (Å²) < 4.78 is 13.0. The Balaban J connectivity index is 2.20. The third-order valence-corrected chi connectivity index (χ3v) is 3.74. The van der Waals surface area contributed by atoms with Crippen LogP contribution in [0.5, 0.6) is 0 Å². The van der Waals surface area contributed by atoms with Crippen molar-refractivity contribution in [1.82, 2.24) is 0 Å². The summed E-state index contributed by atoms with van der Waals surface area (Å²) in [7, 11) is 0. The molecule has 0 radical (unpaired) electrons. The van der Waals surface area contributed by atoms with Gasteiger partial charge in [0.1, 0.15) is 5.82 Å². The maximum absolute atomic E-state index is 13.0. The van der Waals surface area contributed by atoms with E-state index < -0.39 is 6.10 Å². The minimum Gasteiger partial charge on any atom is -0.388 e. The lowest BCUT2D eigenvalue weighted by Gasteiger charge is -2.14. The summed E-state index contributed by atoms with van der Waals surface area (Å²) in [6.07, 6.45) is -0.290. The van der Waals surface area contributed by atoms with Gasteiger partial charge < -0.3 is 5.11 Å². The predicted molar refractivity (Wildman–Crippen MR) is 76.3 cm³/mol. The zero-order valence-electron chi connectivity index (χ0n) is 10.3. The zero-order valence-corrected chi connectivity index (χ0v) is 11.8. The van der Waals surface area contributed by atoms with Crippen molar-refractivity contribution in [3.05, 3.63) is 69.0 Å². The van der Waals surface area contributed by atoms with Crippen molar-refractivity contribution in [2.75, 3.05) is 0 Å². The van der Waals surface area contributed by atoms with Crippen molar-refractivity contribution in [2.45, 2.75) is 19.4 Å². The van der Waals surface area contributed by atoms with Gasteiger partial charge in [0.05, 0.1) is 16.1 Å². The van der Waals surface area contributed by atoms with Gasteiger partial charge in [-0.1, -0.05) is 35.3 Å². The summed E-state index contributed by atoms with van der Waals surface area (Å²) in [6.45, 7) is 1.77. The molecule has 2 aromatic carbocycles. The van der Waals surface area contributed by atoms with Gasteiger partial charge in [-0.3, -0.25) is 0 Å². The maximum atomic E-state index is 13.0. The highest BCUT2D eigenvalue weighted by Gasteiger charge is 2.12. The number of benzene rings is 2. The van der Waals surface area contributed by atoms with E-state index >= 15 is 0 Å². The molecule has 1 nitrogen and oxygen atoms in total. The molecule has 0 aliphatic rings. The largest absolute Gasteiger partial charge is 0.388 e. The van der Waals surface area contributed by atoms with E-state index in [2.05, 4.69) is 0 Å². The van der Waals surface area contributed by atoms with Crippen molar-refractivity contribution in [3.8, 4) is 0 Å². The Hall–Kier alpha value is -1.09. The van der Waals surface area contributed by atoms with Crippen LogP contribution < -0.4 is 0 Å². The van der Waals surface area contributed by atoms with Crippen LogP contribution >= 0.6 is 23.2 Å². The first kappa shape index (κ1) is 14.3. The van der Waals surface area contributed by atoms with E-state index in [-0.39, 0.29) is 5.82 Å². The van der Waals surface area contributed by atoms with Gasteiger partial charge in [0.15, 0.2) is 0 Å². The molecule has 0 saturated heterocycles. The van der Waals surface area contributed by atoms with Gasteiger partial charge in [-0.2, -0.15) is 0 Å². The summed E-state index contributed by atoms with van der Waals surface area (Å²) in [5.74, 6) is -0.303. The molecule has 0 spiro atoms. The lowest BCUT2D eigenvalue weighted by Crippen LogP contribution is -2.04. The summed E-state index contributed by atoms with van der Waals surface area (Å²) in [5.41, 5.74) is 2.32. The first-order chi connectivity index (χ1) is 8.97. The molecule has 0 heterocycles. The molecule has 2 rings (SSSR count). The number of aryl methyl sites for hydroxylation is 1. The van der Waals surface area contributed by atoms with Crippen LogP contribution in [0.15, 0.2) is 36.4 Å².